The van der Waals surface area contributed by atoms with Crippen LogP contribution in [0.3, 0.4) is 0 Å². The van der Waals surface area contributed by atoms with Crippen LogP contribution in [0.1, 0.15) is 20.9 Å². The van der Waals surface area contributed by atoms with Crippen molar-refractivity contribution in [2.75, 3.05) is 0 Å². The molecule has 4 rings (SSSR count). The first kappa shape index (κ1) is 12.7. The molecule has 0 spiro atoms. The van der Waals surface area contributed by atoms with E-state index >= 15 is 0 Å². The second kappa shape index (κ2) is 4.79. The van der Waals surface area contributed by atoms with Crippen molar-refractivity contribution in [3.8, 4) is 6.07 Å². The molecule has 1 amide bonds. The van der Waals surface area contributed by atoms with Crippen molar-refractivity contribution in [1.82, 2.24) is 10.3 Å². The van der Waals surface area contributed by atoms with E-state index in [1.807, 2.05) is 42.5 Å². The van der Waals surface area contributed by atoms with Crippen LogP contribution in [0.2, 0.25) is 0 Å². The molecule has 0 saturated carbocycles. The molecule has 0 radical (unpaired) electrons. The van der Waals surface area contributed by atoms with E-state index in [1.165, 1.54) is 11.3 Å². The Morgan fingerprint density at radius 2 is 1.82 bits per heavy atom. The number of nitriles is 1. The molecule has 5 heteroatoms. The minimum atomic E-state index is -0.181. The standard InChI is InChI=1S/C17H9N3OS/c18-9-12(17-19-13-7-3-4-8-14(13)22-17)15-10-5-1-2-6-11(10)16(21)20-15/h1-8H,(H,20,21). The van der Waals surface area contributed by atoms with Crippen molar-refractivity contribution >= 4 is 38.7 Å². The predicted molar refractivity (Wildman–Crippen MR) is 86.0 cm³/mol. The zero-order valence-electron chi connectivity index (χ0n) is 11.3. The van der Waals surface area contributed by atoms with Gasteiger partial charge in [0, 0.05) is 11.1 Å². The van der Waals surface area contributed by atoms with Crippen LogP contribution in [0, 0.1) is 11.3 Å². The summed E-state index contributed by atoms with van der Waals surface area (Å²) in [5.41, 5.74) is 3.14. The Morgan fingerprint density at radius 1 is 1.09 bits per heavy atom. The number of nitrogens with one attached hydrogen (secondary N) is 1. The van der Waals surface area contributed by atoms with Crippen LogP contribution in [0.4, 0.5) is 0 Å². The number of nitrogens with zero attached hydrogens (tertiary/aromatic N) is 2. The van der Waals surface area contributed by atoms with Crippen molar-refractivity contribution < 1.29 is 4.79 Å². The summed E-state index contributed by atoms with van der Waals surface area (Å²) in [6.07, 6.45) is 0. The summed E-state index contributed by atoms with van der Waals surface area (Å²) < 4.78 is 1.02. The topological polar surface area (TPSA) is 65.8 Å². The molecule has 0 atom stereocenters. The Morgan fingerprint density at radius 3 is 2.59 bits per heavy atom. The van der Waals surface area contributed by atoms with Crippen molar-refractivity contribution in [3.63, 3.8) is 0 Å². The molecule has 1 N–H and O–H groups in total. The number of rotatable bonds is 1. The van der Waals surface area contributed by atoms with Gasteiger partial charge in [-0.2, -0.15) is 5.26 Å². The third-order valence-corrected chi connectivity index (χ3v) is 4.60. The van der Waals surface area contributed by atoms with Crippen molar-refractivity contribution in [2.24, 2.45) is 0 Å². The summed E-state index contributed by atoms with van der Waals surface area (Å²) in [5.74, 6) is -0.181. The van der Waals surface area contributed by atoms with Crippen LogP contribution in [-0.4, -0.2) is 10.9 Å². The maximum Gasteiger partial charge on any atom is 0.256 e. The van der Waals surface area contributed by atoms with Crippen LogP contribution in [-0.2, 0) is 0 Å². The van der Waals surface area contributed by atoms with Crippen molar-refractivity contribution in [3.05, 3.63) is 64.7 Å². The number of aromatic nitrogens is 1. The second-order valence-corrected chi connectivity index (χ2v) is 5.88. The van der Waals surface area contributed by atoms with Gasteiger partial charge in [0.15, 0.2) is 0 Å². The van der Waals surface area contributed by atoms with E-state index in [-0.39, 0.29) is 5.91 Å². The number of allylic oxidation sites excluding steroid dienone is 1. The predicted octanol–water partition coefficient (Wildman–Crippen LogP) is 3.43. The highest BCUT2D eigenvalue weighted by Gasteiger charge is 2.27. The summed E-state index contributed by atoms with van der Waals surface area (Å²) in [5, 5.41) is 13.0. The highest BCUT2D eigenvalue weighted by atomic mass is 32.1. The Bertz CT molecular complexity index is 961. The molecule has 1 aliphatic rings. The number of hydrogen-bond donors (Lipinski definition) is 1. The van der Waals surface area contributed by atoms with Gasteiger partial charge in [0.05, 0.1) is 15.9 Å². The number of hydrogen-bond acceptors (Lipinski definition) is 4. The highest BCUT2D eigenvalue weighted by Crippen LogP contribution is 2.34. The van der Waals surface area contributed by atoms with E-state index in [2.05, 4.69) is 16.4 Å². The van der Waals surface area contributed by atoms with Crippen LogP contribution >= 0.6 is 11.3 Å². The van der Waals surface area contributed by atoms with E-state index < -0.39 is 0 Å². The zero-order valence-corrected chi connectivity index (χ0v) is 12.1. The number of carbonyl (C=O) groups is 1. The fourth-order valence-electron chi connectivity index (χ4n) is 2.53. The Labute approximate surface area is 130 Å². The van der Waals surface area contributed by atoms with E-state index in [1.54, 1.807) is 6.07 Å². The van der Waals surface area contributed by atoms with Gasteiger partial charge >= 0.3 is 0 Å². The normalized spacial score (nSPS) is 15.3. The molecule has 1 aromatic heterocycles. The lowest BCUT2D eigenvalue weighted by molar-refractivity contribution is 0.0981. The molecule has 0 unspecified atom stereocenters. The molecule has 2 heterocycles. The van der Waals surface area contributed by atoms with Crippen LogP contribution < -0.4 is 5.32 Å². The molecular formula is C17H9N3OS. The second-order valence-electron chi connectivity index (χ2n) is 4.85. The van der Waals surface area contributed by atoms with Gasteiger partial charge in [-0.1, -0.05) is 30.3 Å². The highest BCUT2D eigenvalue weighted by molar-refractivity contribution is 7.19. The molecular weight excluding hydrogens is 294 g/mol. The monoisotopic (exact) mass is 303 g/mol. The molecule has 4 nitrogen and oxygen atoms in total. The fraction of sp³-hybridized carbons (Fsp3) is 0. The summed E-state index contributed by atoms with van der Waals surface area (Å²) in [6, 6.07) is 17.2. The third-order valence-electron chi connectivity index (χ3n) is 3.55. The van der Waals surface area contributed by atoms with Crippen LogP contribution in [0.5, 0.6) is 0 Å². The fourth-order valence-corrected chi connectivity index (χ4v) is 3.50. The van der Waals surface area contributed by atoms with E-state index in [0.717, 1.165) is 15.8 Å². The van der Waals surface area contributed by atoms with Gasteiger partial charge in [-0.05, 0) is 18.2 Å². The first-order valence-electron chi connectivity index (χ1n) is 6.69. The number of carbonyl (C=O) groups excluding carboxylic acids is 1. The van der Waals surface area contributed by atoms with Crippen LogP contribution in [0.25, 0.3) is 21.5 Å². The summed E-state index contributed by atoms with van der Waals surface area (Å²) in [7, 11) is 0. The number of fused-ring (bicyclic) bond motifs is 2. The van der Waals surface area contributed by atoms with Gasteiger partial charge in [-0.3, -0.25) is 4.79 Å². The first-order valence-corrected chi connectivity index (χ1v) is 7.50. The molecule has 0 saturated heterocycles. The molecule has 104 valence electrons. The Balaban J connectivity index is 1.96. The Hall–Kier alpha value is -2.97. The molecule has 1 aliphatic heterocycles. The van der Waals surface area contributed by atoms with Gasteiger partial charge in [-0.25, -0.2) is 4.98 Å². The number of para-hydroxylation sites is 1. The third kappa shape index (κ3) is 1.82. The molecule has 0 aliphatic carbocycles. The Kier molecular flexibility index (Phi) is 2.78. The number of thiazole rings is 1. The maximum absolute atomic E-state index is 12.0. The molecule has 0 fully saturated rings. The van der Waals surface area contributed by atoms with Crippen molar-refractivity contribution in [2.45, 2.75) is 0 Å². The average Bonchev–Trinajstić information content (AvgIpc) is 3.11. The average molecular weight is 303 g/mol. The van der Waals surface area contributed by atoms with Gasteiger partial charge in [-0.15, -0.1) is 11.3 Å². The van der Waals surface area contributed by atoms with E-state index in [9.17, 15) is 10.1 Å². The molecule has 22 heavy (non-hydrogen) atoms. The van der Waals surface area contributed by atoms with Gasteiger partial charge in [0.1, 0.15) is 16.6 Å². The SMILES string of the molecule is N#CC(=C1NC(=O)c2ccccc21)c1nc2ccccc2s1. The smallest absolute Gasteiger partial charge is 0.256 e. The van der Waals surface area contributed by atoms with E-state index in [0.29, 0.717) is 21.8 Å². The van der Waals surface area contributed by atoms with Gasteiger partial charge in [0.25, 0.3) is 5.91 Å². The lowest BCUT2D eigenvalue weighted by atomic mass is 10.1. The minimum absolute atomic E-state index is 0.181. The minimum Gasteiger partial charge on any atom is -0.320 e. The number of amides is 1. The van der Waals surface area contributed by atoms with E-state index in [4.69, 9.17) is 0 Å². The number of benzene rings is 2. The van der Waals surface area contributed by atoms with Gasteiger partial charge in [0.2, 0.25) is 0 Å². The molecule has 2 aromatic carbocycles. The van der Waals surface area contributed by atoms with Crippen molar-refractivity contribution in [1.29, 1.82) is 5.26 Å². The maximum atomic E-state index is 12.0. The molecule has 0 bridgehead atoms. The molecule has 3 aromatic rings. The quantitative estimate of drug-likeness (QED) is 0.700. The lowest BCUT2D eigenvalue weighted by Crippen LogP contribution is -2.13. The zero-order chi connectivity index (χ0) is 15.1. The summed E-state index contributed by atoms with van der Waals surface area (Å²) >= 11 is 1.45. The van der Waals surface area contributed by atoms with Gasteiger partial charge < -0.3 is 5.32 Å². The van der Waals surface area contributed by atoms with Crippen LogP contribution in [0.15, 0.2) is 48.5 Å². The first-order chi connectivity index (χ1) is 10.8. The largest absolute Gasteiger partial charge is 0.320 e. The summed E-state index contributed by atoms with van der Waals surface area (Å²) in [4.78, 5) is 16.5. The summed E-state index contributed by atoms with van der Waals surface area (Å²) in [6.45, 7) is 0. The lowest BCUT2D eigenvalue weighted by Gasteiger charge is -2.02.